The Balaban J connectivity index is 1.40. The van der Waals surface area contributed by atoms with E-state index in [1.807, 2.05) is 27.7 Å². The Morgan fingerprint density at radius 2 is 2.13 bits per heavy atom. The van der Waals surface area contributed by atoms with Crippen molar-refractivity contribution in [3.63, 3.8) is 0 Å². The average Bonchev–Trinajstić information content (AvgIpc) is 3.12. The second kappa shape index (κ2) is 7.55. The molecule has 4 heterocycles. The Bertz CT molecular complexity index is 1090. The first-order chi connectivity index (χ1) is 14.9. The van der Waals surface area contributed by atoms with E-state index >= 15 is 0 Å². The van der Waals surface area contributed by atoms with E-state index in [0.29, 0.717) is 24.2 Å². The molecule has 9 heteroatoms. The summed E-state index contributed by atoms with van der Waals surface area (Å²) in [6.07, 6.45) is 6.08. The molecule has 1 aliphatic carbocycles. The number of anilines is 3. The fraction of sp³-hybridized carbons (Fsp3) is 0.545. The zero-order valence-corrected chi connectivity index (χ0v) is 18.4. The smallest absolute Gasteiger partial charge is 0.246 e. The number of rotatable bonds is 6. The zero-order valence-electron chi connectivity index (χ0n) is 18.4. The molecule has 1 saturated carbocycles. The second-order valence-corrected chi connectivity index (χ2v) is 9.84. The van der Waals surface area contributed by atoms with Gasteiger partial charge in [-0.25, -0.2) is 4.52 Å². The molecule has 1 aliphatic heterocycles. The van der Waals surface area contributed by atoms with Crippen LogP contribution in [0.2, 0.25) is 0 Å². The summed E-state index contributed by atoms with van der Waals surface area (Å²) in [5, 5.41) is 18.7. The summed E-state index contributed by atoms with van der Waals surface area (Å²) in [6.45, 7) is 7.75. The highest BCUT2D eigenvalue weighted by Gasteiger charge is 2.33. The molecule has 3 N–H and O–H groups in total. The second-order valence-electron chi connectivity index (χ2n) is 9.84. The molecule has 1 atom stereocenters. The van der Waals surface area contributed by atoms with Crippen molar-refractivity contribution in [1.29, 1.82) is 0 Å². The van der Waals surface area contributed by atoms with Crippen LogP contribution >= 0.6 is 0 Å². The lowest BCUT2D eigenvalue weighted by Crippen LogP contribution is -2.46. The van der Waals surface area contributed by atoms with Crippen LogP contribution in [0.1, 0.15) is 58.1 Å². The van der Waals surface area contributed by atoms with Gasteiger partial charge in [0.15, 0.2) is 11.6 Å². The van der Waals surface area contributed by atoms with Gasteiger partial charge in [0, 0.05) is 37.0 Å². The lowest BCUT2D eigenvalue weighted by Gasteiger charge is -2.26. The van der Waals surface area contributed by atoms with Gasteiger partial charge in [-0.1, -0.05) is 20.8 Å². The number of carbonyl (C=O) groups is 1. The van der Waals surface area contributed by atoms with Crippen LogP contribution < -0.4 is 15.5 Å². The van der Waals surface area contributed by atoms with E-state index in [4.69, 9.17) is 4.98 Å². The van der Waals surface area contributed by atoms with Crippen molar-refractivity contribution < 1.29 is 4.79 Å². The van der Waals surface area contributed by atoms with E-state index in [1.165, 1.54) is 18.5 Å². The van der Waals surface area contributed by atoms with E-state index in [2.05, 4.69) is 52.8 Å². The molecule has 3 aromatic heterocycles. The maximum absolute atomic E-state index is 12.9. The summed E-state index contributed by atoms with van der Waals surface area (Å²) in [5.74, 6) is 2.63. The molecule has 2 aliphatic rings. The van der Waals surface area contributed by atoms with Gasteiger partial charge in [0.25, 0.3) is 0 Å². The predicted octanol–water partition coefficient (Wildman–Crippen LogP) is 3.20. The molecule has 0 bridgehead atoms. The van der Waals surface area contributed by atoms with Gasteiger partial charge in [0.1, 0.15) is 11.6 Å². The molecule has 164 valence electrons. The van der Waals surface area contributed by atoms with Gasteiger partial charge in [-0.3, -0.25) is 9.89 Å². The molecule has 1 saturated heterocycles. The van der Waals surface area contributed by atoms with Gasteiger partial charge in [-0.15, -0.1) is 5.10 Å². The maximum Gasteiger partial charge on any atom is 0.246 e. The average molecular weight is 423 g/mol. The Hall–Kier alpha value is -3.10. The van der Waals surface area contributed by atoms with Gasteiger partial charge in [0.05, 0.1) is 0 Å². The number of nitrogens with zero attached hydrogens (tertiary/aromatic N) is 5. The number of fused-ring (bicyclic) bond motifs is 1. The Labute approximate surface area is 181 Å². The molecule has 1 amide bonds. The third-order valence-corrected chi connectivity index (χ3v) is 5.85. The van der Waals surface area contributed by atoms with Gasteiger partial charge in [-0.2, -0.15) is 10.1 Å². The normalized spacial score (nSPS) is 19.2. The van der Waals surface area contributed by atoms with Crippen LogP contribution in [0, 0.1) is 5.41 Å². The van der Waals surface area contributed by atoms with Gasteiger partial charge in [-0.05, 0) is 43.2 Å². The Morgan fingerprint density at radius 3 is 2.90 bits per heavy atom. The van der Waals surface area contributed by atoms with Crippen molar-refractivity contribution in [2.75, 3.05) is 23.3 Å². The maximum atomic E-state index is 12.9. The van der Waals surface area contributed by atoms with E-state index in [-0.39, 0.29) is 17.4 Å². The third-order valence-electron chi connectivity index (χ3n) is 5.85. The zero-order chi connectivity index (χ0) is 21.6. The summed E-state index contributed by atoms with van der Waals surface area (Å²) in [5.41, 5.74) is 2.07. The summed E-state index contributed by atoms with van der Waals surface area (Å²) in [7, 11) is 0. The molecule has 3 aromatic rings. The fourth-order valence-electron chi connectivity index (χ4n) is 4.01. The quantitative estimate of drug-likeness (QED) is 0.564. The van der Waals surface area contributed by atoms with Crippen LogP contribution in [-0.2, 0) is 4.79 Å². The van der Waals surface area contributed by atoms with E-state index in [1.54, 1.807) is 0 Å². The van der Waals surface area contributed by atoms with E-state index in [0.717, 1.165) is 30.7 Å². The van der Waals surface area contributed by atoms with Crippen LogP contribution in [0.25, 0.3) is 5.52 Å². The predicted molar refractivity (Wildman–Crippen MR) is 120 cm³/mol. The number of aromatic nitrogens is 5. The Morgan fingerprint density at radius 1 is 1.29 bits per heavy atom. The highest BCUT2D eigenvalue weighted by Crippen LogP contribution is 2.39. The number of hydrogen-bond donors (Lipinski definition) is 3. The van der Waals surface area contributed by atoms with Crippen molar-refractivity contribution in [2.45, 2.75) is 58.4 Å². The molecule has 5 rings (SSSR count). The minimum absolute atomic E-state index is 0.0412. The number of hydrogen-bond acceptors (Lipinski definition) is 6. The summed E-state index contributed by atoms with van der Waals surface area (Å²) in [6, 6.07) is 5.71. The molecule has 0 unspecified atom stereocenters. The lowest BCUT2D eigenvalue weighted by molar-refractivity contribution is -0.122. The first kappa shape index (κ1) is 19.8. The van der Waals surface area contributed by atoms with Crippen LogP contribution in [0.3, 0.4) is 0 Å². The van der Waals surface area contributed by atoms with Crippen LogP contribution in [0.4, 0.5) is 17.6 Å². The van der Waals surface area contributed by atoms with Crippen LogP contribution in [0.5, 0.6) is 0 Å². The monoisotopic (exact) mass is 422 g/mol. The number of amides is 1. The summed E-state index contributed by atoms with van der Waals surface area (Å²) in [4.78, 5) is 19.7. The molecular weight excluding hydrogens is 392 g/mol. The van der Waals surface area contributed by atoms with Gasteiger partial charge < -0.3 is 15.5 Å². The lowest BCUT2D eigenvalue weighted by atomic mass is 9.97. The highest BCUT2D eigenvalue weighted by atomic mass is 16.2. The minimum atomic E-state index is -0.255. The Kier molecular flexibility index (Phi) is 4.83. The number of carbonyl (C=O) groups excluding carboxylic acids is 1. The first-order valence-corrected chi connectivity index (χ1v) is 11.1. The largest absolute Gasteiger partial charge is 0.354 e. The summed E-state index contributed by atoms with van der Waals surface area (Å²) >= 11 is 0. The first-order valence-electron chi connectivity index (χ1n) is 11.1. The minimum Gasteiger partial charge on any atom is -0.354 e. The molecule has 0 aromatic carbocycles. The molecular formula is C22H30N8O. The van der Waals surface area contributed by atoms with E-state index < -0.39 is 0 Å². The van der Waals surface area contributed by atoms with Crippen molar-refractivity contribution >= 4 is 29.0 Å². The number of aromatic amines is 1. The highest BCUT2D eigenvalue weighted by molar-refractivity contribution is 5.85. The molecule has 31 heavy (non-hydrogen) atoms. The van der Waals surface area contributed by atoms with Crippen molar-refractivity contribution in [1.82, 2.24) is 30.1 Å². The van der Waals surface area contributed by atoms with Crippen molar-refractivity contribution in [3.8, 4) is 0 Å². The van der Waals surface area contributed by atoms with E-state index in [9.17, 15) is 4.79 Å². The third kappa shape index (κ3) is 4.22. The topological polar surface area (TPSA) is 103 Å². The molecule has 0 radical (unpaired) electrons. The molecule has 9 nitrogen and oxygen atoms in total. The molecule has 2 fully saturated rings. The number of nitrogens with one attached hydrogen (secondary N) is 3. The number of H-pyrrole nitrogens is 1. The van der Waals surface area contributed by atoms with Crippen molar-refractivity contribution in [2.24, 2.45) is 5.41 Å². The van der Waals surface area contributed by atoms with Gasteiger partial charge >= 0.3 is 0 Å². The SMILES string of the molecule is CC(C)(C)CNC(=O)[C@@H]1CCCN1c1nc(Nc2cc(C3CC3)[nH]n2)c2cccn2n1. The van der Waals surface area contributed by atoms with Crippen molar-refractivity contribution in [3.05, 3.63) is 30.1 Å². The summed E-state index contributed by atoms with van der Waals surface area (Å²) < 4.78 is 1.81. The van der Waals surface area contributed by atoms with Crippen LogP contribution in [-0.4, -0.2) is 49.8 Å². The van der Waals surface area contributed by atoms with Gasteiger partial charge in [0.2, 0.25) is 11.9 Å². The fourth-order valence-corrected chi connectivity index (χ4v) is 4.01. The van der Waals surface area contributed by atoms with Crippen LogP contribution in [0.15, 0.2) is 24.4 Å². The molecule has 0 spiro atoms. The standard InChI is InChI=1S/C22H30N8O/c1-22(2,3)13-23-20(31)17-7-4-10-29(17)21-25-19(16-6-5-11-30(16)28-21)24-18-12-15(26-27-18)14-8-9-14/h5-6,11-12,14,17H,4,7-10,13H2,1-3H3,(H,23,31)(H2,24,25,26,27,28)/t17-/m0/s1.